The number of rotatable bonds is 2. The maximum absolute atomic E-state index is 13.2. The van der Waals surface area contributed by atoms with Crippen molar-refractivity contribution in [2.75, 3.05) is 6.54 Å². The fraction of sp³-hybridized carbons (Fsp3) is 0.333. The Morgan fingerprint density at radius 3 is 2.71 bits per heavy atom. The molecule has 1 aliphatic heterocycles. The van der Waals surface area contributed by atoms with Crippen molar-refractivity contribution in [3.8, 4) is 0 Å². The molecule has 0 radical (unpaired) electrons. The number of fused-ring (bicyclic) bond motifs is 1. The van der Waals surface area contributed by atoms with Crippen molar-refractivity contribution in [2.45, 2.75) is 26.4 Å². The van der Waals surface area contributed by atoms with Gasteiger partial charge in [0.1, 0.15) is 17.5 Å². The standard InChI is InChI=1S/C15H15F2N3O/c1-9-18-14-2-3-20(8-13(14)15(21)19-9)7-10-4-11(16)6-12(17)5-10/h4-6H,2-3,7-8H2,1H3,(H,18,19,21). The van der Waals surface area contributed by atoms with Crippen LogP contribution >= 0.6 is 0 Å². The first-order valence-electron chi connectivity index (χ1n) is 6.77. The molecule has 0 unspecified atom stereocenters. The molecule has 2 heterocycles. The highest BCUT2D eigenvalue weighted by molar-refractivity contribution is 5.22. The summed E-state index contributed by atoms with van der Waals surface area (Å²) in [7, 11) is 0. The van der Waals surface area contributed by atoms with E-state index in [0.29, 0.717) is 43.0 Å². The zero-order valence-electron chi connectivity index (χ0n) is 11.6. The maximum Gasteiger partial charge on any atom is 0.255 e. The highest BCUT2D eigenvalue weighted by atomic mass is 19.1. The molecule has 0 spiro atoms. The van der Waals surface area contributed by atoms with E-state index in [9.17, 15) is 13.6 Å². The molecule has 1 aromatic heterocycles. The molecule has 1 aliphatic rings. The number of hydrogen-bond acceptors (Lipinski definition) is 3. The van der Waals surface area contributed by atoms with Gasteiger partial charge in [-0.2, -0.15) is 0 Å². The fourth-order valence-corrected chi connectivity index (χ4v) is 2.70. The van der Waals surface area contributed by atoms with Crippen LogP contribution in [0, 0.1) is 18.6 Å². The van der Waals surface area contributed by atoms with Crippen LogP contribution in [0.4, 0.5) is 8.78 Å². The van der Waals surface area contributed by atoms with Crippen LogP contribution in [-0.4, -0.2) is 21.4 Å². The highest BCUT2D eigenvalue weighted by Gasteiger charge is 2.20. The minimum Gasteiger partial charge on any atom is -0.310 e. The van der Waals surface area contributed by atoms with Gasteiger partial charge in [-0.3, -0.25) is 9.69 Å². The first kappa shape index (κ1) is 13.9. The number of nitrogens with one attached hydrogen (secondary N) is 1. The Morgan fingerprint density at radius 1 is 1.29 bits per heavy atom. The Labute approximate surface area is 120 Å². The summed E-state index contributed by atoms with van der Waals surface area (Å²) < 4.78 is 26.4. The summed E-state index contributed by atoms with van der Waals surface area (Å²) in [6.45, 7) is 3.31. The zero-order valence-corrected chi connectivity index (χ0v) is 11.6. The third kappa shape index (κ3) is 3.00. The smallest absolute Gasteiger partial charge is 0.255 e. The van der Waals surface area contributed by atoms with Crippen LogP contribution in [0.1, 0.15) is 22.6 Å². The van der Waals surface area contributed by atoms with Gasteiger partial charge in [0.05, 0.1) is 11.3 Å². The van der Waals surface area contributed by atoms with Gasteiger partial charge in [0.25, 0.3) is 5.56 Å². The maximum atomic E-state index is 13.2. The molecule has 6 heteroatoms. The first-order chi connectivity index (χ1) is 10.0. The predicted octanol–water partition coefficient (Wildman–Crippen LogP) is 1.91. The topological polar surface area (TPSA) is 49.0 Å². The number of H-pyrrole nitrogens is 1. The van der Waals surface area contributed by atoms with Crippen molar-refractivity contribution >= 4 is 0 Å². The quantitative estimate of drug-likeness (QED) is 0.919. The molecule has 21 heavy (non-hydrogen) atoms. The second-order valence-electron chi connectivity index (χ2n) is 5.31. The van der Waals surface area contributed by atoms with Crippen LogP contribution in [0.3, 0.4) is 0 Å². The van der Waals surface area contributed by atoms with Crippen molar-refractivity contribution < 1.29 is 8.78 Å². The number of halogens is 2. The lowest BCUT2D eigenvalue weighted by Crippen LogP contribution is -2.35. The SMILES string of the molecule is Cc1nc2c(c(=O)[nH]1)CN(Cc1cc(F)cc(F)c1)CC2. The number of benzene rings is 1. The fourth-order valence-electron chi connectivity index (χ4n) is 2.70. The van der Waals surface area contributed by atoms with Crippen LogP contribution in [0.25, 0.3) is 0 Å². The average molecular weight is 291 g/mol. The third-order valence-electron chi connectivity index (χ3n) is 3.59. The molecule has 2 aromatic rings. The molecule has 0 bridgehead atoms. The Hall–Kier alpha value is -2.08. The van der Waals surface area contributed by atoms with Crippen molar-refractivity contribution in [1.29, 1.82) is 0 Å². The monoisotopic (exact) mass is 291 g/mol. The second kappa shape index (κ2) is 5.37. The van der Waals surface area contributed by atoms with Crippen molar-refractivity contribution in [3.05, 3.63) is 62.8 Å². The van der Waals surface area contributed by atoms with E-state index >= 15 is 0 Å². The summed E-state index contributed by atoms with van der Waals surface area (Å²) in [4.78, 5) is 21.0. The molecule has 0 aliphatic carbocycles. The molecular weight excluding hydrogens is 276 g/mol. The van der Waals surface area contributed by atoms with Crippen LogP contribution in [0.15, 0.2) is 23.0 Å². The minimum atomic E-state index is -0.586. The van der Waals surface area contributed by atoms with Gasteiger partial charge in [-0.05, 0) is 24.6 Å². The Kier molecular flexibility index (Phi) is 3.55. The van der Waals surface area contributed by atoms with Gasteiger partial charge in [0, 0.05) is 32.1 Å². The summed E-state index contributed by atoms with van der Waals surface area (Å²) in [5.74, 6) is -0.561. The van der Waals surface area contributed by atoms with Gasteiger partial charge >= 0.3 is 0 Å². The minimum absolute atomic E-state index is 0.132. The lowest BCUT2D eigenvalue weighted by molar-refractivity contribution is 0.241. The van der Waals surface area contributed by atoms with Gasteiger partial charge in [0.15, 0.2) is 0 Å². The van der Waals surface area contributed by atoms with E-state index in [-0.39, 0.29) is 5.56 Å². The molecule has 1 aromatic carbocycles. The van der Waals surface area contributed by atoms with E-state index < -0.39 is 11.6 Å². The normalized spacial score (nSPS) is 15.0. The molecular formula is C15H15F2N3O. The third-order valence-corrected chi connectivity index (χ3v) is 3.59. The number of hydrogen-bond donors (Lipinski definition) is 1. The van der Waals surface area contributed by atoms with E-state index in [0.717, 1.165) is 11.8 Å². The van der Waals surface area contributed by atoms with Gasteiger partial charge in [-0.25, -0.2) is 13.8 Å². The van der Waals surface area contributed by atoms with Gasteiger partial charge < -0.3 is 4.98 Å². The van der Waals surface area contributed by atoms with Crippen molar-refractivity contribution in [3.63, 3.8) is 0 Å². The molecule has 110 valence electrons. The molecule has 3 rings (SSSR count). The Balaban J connectivity index is 1.82. The van der Waals surface area contributed by atoms with Crippen LogP contribution < -0.4 is 5.56 Å². The zero-order chi connectivity index (χ0) is 15.0. The number of aromatic amines is 1. The van der Waals surface area contributed by atoms with E-state index in [1.54, 1.807) is 6.92 Å². The number of aryl methyl sites for hydroxylation is 1. The Bertz CT molecular complexity index is 722. The first-order valence-corrected chi connectivity index (χ1v) is 6.77. The van der Waals surface area contributed by atoms with Gasteiger partial charge in [-0.15, -0.1) is 0 Å². The summed E-state index contributed by atoms with van der Waals surface area (Å²) in [6, 6.07) is 3.48. The van der Waals surface area contributed by atoms with Crippen LogP contribution in [0.2, 0.25) is 0 Å². The van der Waals surface area contributed by atoms with Crippen LogP contribution in [-0.2, 0) is 19.5 Å². The Morgan fingerprint density at radius 2 is 2.00 bits per heavy atom. The summed E-state index contributed by atoms with van der Waals surface area (Å²) in [6.07, 6.45) is 0.665. The molecule has 0 atom stereocenters. The van der Waals surface area contributed by atoms with Crippen LogP contribution in [0.5, 0.6) is 0 Å². The molecule has 4 nitrogen and oxygen atoms in total. The van der Waals surface area contributed by atoms with Crippen molar-refractivity contribution in [1.82, 2.24) is 14.9 Å². The largest absolute Gasteiger partial charge is 0.310 e. The summed E-state index contributed by atoms with van der Waals surface area (Å²) in [5, 5.41) is 0. The second-order valence-corrected chi connectivity index (χ2v) is 5.31. The molecule has 1 N–H and O–H groups in total. The van der Waals surface area contributed by atoms with Gasteiger partial charge in [0.2, 0.25) is 0 Å². The van der Waals surface area contributed by atoms with Crippen molar-refractivity contribution in [2.24, 2.45) is 0 Å². The lowest BCUT2D eigenvalue weighted by atomic mass is 10.1. The van der Waals surface area contributed by atoms with E-state index in [1.165, 1.54) is 12.1 Å². The number of aromatic nitrogens is 2. The predicted molar refractivity (Wildman–Crippen MR) is 73.8 cm³/mol. The summed E-state index contributed by atoms with van der Waals surface area (Å²) in [5.41, 5.74) is 1.89. The molecule has 0 saturated heterocycles. The lowest BCUT2D eigenvalue weighted by Gasteiger charge is -2.27. The molecule has 0 saturated carbocycles. The molecule has 0 fully saturated rings. The summed E-state index contributed by atoms with van der Waals surface area (Å²) >= 11 is 0. The van der Waals surface area contributed by atoms with Gasteiger partial charge in [-0.1, -0.05) is 0 Å². The number of nitrogens with zero attached hydrogens (tertiary/aromatic N) is 2. The molecule has 0 amide bonds. The van der Waals surface area contributed by atoms with E-state index in [4.69, 9.17) is 0 Å². The highest BCUT2D eigenvalue weighted by Crippen LogP contribution is 2.17. The average Bonchev–Trinajstić information content (AvgIpc) is 2.38. The van der Waals surface area contributed by atoms with E-state index in [1.807, 2.05) is 4.90 Å². The van der Waals surface area contributed by atoms with E-state index in [2.05, 4.69) is 9.97 Å².